The summed E-state index contributed by atoms with van der Waals surface area (Å²) in [5, 5.41) is 11.3. The number of nitrogens with one attached hydrogen (secondary N) is 1. The first-order chi connectivity index (χ1) is 19.8. The number of benzene rings is 1. The van der Waals surface area contributed by atoms with E-state index in [1.54, 1.807) is 24.3 Å². The number of rotatable bonds is 6. The summed E-state index contributed by atoms with van der Waals surface area (Å²) >= 11 is 0. The zero-order valence-electron chi connectivity index (χ0n) is 22.6. The number of carbonyl (C=O) groups is 5. The van der Waals surface area contributed by atoms with Crippen LogP contribution in [0.25, 0.3) is 0 Å². The molecule has 6 rings (SSSR count). The average molecular weight is 561 g/mol. The van der Waals surface area contributed by atoms with Crippen LogP contribution in [0.3, 0.4) is 0 Å². The first kappa shape index (κ1) is 26.9. The quantitative estimate of drug-likeness (QED) is 0.495. The second kappa shape index (κ2) is 10.9. The molecule has 4 aliphatic heterocycles. The molecule has 2 aromatic rings. The molecule has 0 bridgehead atoms. The van der Waals surface area contributed by atoms with Gasteiger partial charge in [0, 0.05) is 64.1 Å². The molecule has 5 heterocycles. The summed E-state index contributed by atoms with van der Waals surface area (Å²) in [7, 11) is 0. The normalized spacial score (nSPS) is 22.2. The van der Waals surface area contributed by atoms with Gasteiger partial charge >= 0.3 is 5.97 Å². The van der Waals surface area contributed by atoms with Crippen LogP contribution >= 0.6 is 0 Å². The summed E-state index contributed by atoms with van der Waals surface area (Å²) in [4.78, 5) is 73.3. The van der Waals surface area contributed by atoms with Gasteiger partial charge in [-0.1, -0.05) is 0 Å². The van der Waals surface area contributed by atoms with E-state index in [2.05, 4.69) is 25.0 Å². The number of piperazine rings is 1. The van der Waals surface area contributed by atoms with Crippen molar-refractivity contribution in [2.24, 2.45) is 5.92 Å². The zero-order chi connectivity index (χ0) is 28.7. The van der Waals surface area contributed by atoms with Gasteiger partial charge in [0.1, 0.15) is 11.9 Å². The average Bonchev–Trinajstić information content (AvgIpc) is 3.23. The lowest BCUT2D eigenvalue weighted by Gasteiger charge is -2.40. The molecule has 1 aromatic carbocycles. The van der Waals surface area contributed by atoms with Crippen LogP contribution in [0.4, 0.5) is 11.5 Å². The van der Waals surface area contributed by atoms with E-state index >= 15 is 0 Å². The van der Waals surface area contributed by atoms with Gasteiger partial charge < -0.3 is 14.9 Å². The number of aromatic nitrogens is 1. The Bertz CT molecular complexity index is 1400. The summed E-state index contributed by atoms with van der Waals surface area (Å²) in [5.41, 5.74) is 1.67. The van der Waals surface area contributed by atoms with Crippen molar-refractivity contribution >= 4 is 41.1 Å². The van der Waals surface area contributed by atoms with E-state index in [4.69, 9.17) is 5.11 Å². The summed E-state index contributed by atoms with van der Waals surface area (Å²) in [6.07, 6.45) is 3.74. The molecule has 0 radical (unpaired) electrons. The summed E-state index contributed by atoms with van der Waals surface area (Å²) in [6, 6.07) is 7.69. The van der Waals surface area contributed by atoms with Crippen molar-refractivity contribution in [2.75, 3.05) is 55.6 Å². The number of pyridine rings is 1. The molecule has 1 aromatic heterocycles. The van der Waals surface area contributed by atoms with E-state index in [0.29, 0.717) is 17.0 Å². The number of nitrogens with zero attached hydrogens (tertiary/aromatic N) is 5. The predicted molar refractivity (Wildman–Crippen MR) is 148 cm³/mol. The molecule has 2 N–H and O–H groups in total. The van der Waals surface area contributed by atoms with Crippen molar-refractivity contribution in [3.05, 3.63) is 53.2 Å². The molecule has 4 aliphatic rings. The summed E-state index contributed by atoms with van der Waals surface area (Å²) < 4.78 is 0. The van der Waals surface area contributed by atoms with Crippen molar-refractivity contribution in [1.29, 1.82) is 0 Å². The number of fused-ring (bicyclic) bond motifs is 1. The highest BCUT2D eigenvalue weighted by Crippen LogP contribution is 2.31. The van der Waals surface area contributed by atoms with Crippen LogP contribution in [0.1, 0.15) is 56.8 Å². The number of aromatic carboxylic acids is 1. The Morgan fingerprint density at radius 2 is 1.61 bits per heavy atom. The molecule has 0 unspecified atom stereocenters. The minimum atomic E-state index is -0.973. The second-order valence-corrected chi connectivity index (χ2v) is 11.1. The maximum Gasteiger partial charge on any atom is 0.337 e. The van der Waals surface area contributed by atoms with Gasteiger partial charge in [-0.05, 0) is 55.5 Å². The lowest BCUT2D eigenvalue weighted by atomic mass is 9.96. The standard InChI is InChI=1S/C29H32N6O6/c36-25-6-4-23(26(37)31-25)35-27(38)21-3-2-20(15-22(21)28(35)39)33-13-11-32(12-14-33)17-18-7-9-34(10-8-18)24-5-1-19(16-30-24)29(40)41/h1-3,5,15-16,18,23H,4,6-14,17H2,(H,40,41)(H,31,36,37)/t23-/m0/s1. The monoisotopic (exact) mass is 560 g/mol. The first-order valence-corrected chi connectivity index (χ1v) is 14.1. The Morgan fingerprint density at radius 1 is 0.878 bits per heavy atom. The third-order valence-electron chi connectivity index (χ3n) is 8.61. The number of carboxylic acid groups (broad SMARTS) is 1. The number of carboxylic acids is 1. The molecule has 0 aliphatic carbocycles. The van der Waals surface area contributed by atoms with Crippen molar-refractivity contribution in [2.45, 2.75) is 31.7 Å². The molecule has 41 heavy (non-hydrogen) atoms. The SMILES string of the molecule is O=C1CC[C@H](N2C(=O)c3ccc(N4CCN(CC5CCN(c6ccc(C(=O)O)cn6)CC5)CC4)cc3C2=O)C(=O)N1. The second-order valence-electron chi connectivity index (χ2n) is 11.1. The van der Waals surface area contributed by atoms with Crippen molar-refractivity contribution in [3.8, 4) is 0 Å². The number of piperidine rings is 2. The molecule has 0 saturated carbocycles. The highest BCUT2D eigenvalue weighted by atomic mass is 16.4. The van der Waals surface area contributed by atoms with Gasteiger partial charge in [-0.2, -0.15) is 0 Å². The van der Waals surface area contributed by atoms with Crippen LogP contribution in [0.5, 0.6) is 0 Å². The van der Waals surface area contributed by atoms with Crippen LogP contribution in [-0.4, -0.2) is 101 Å². The Hall–Kier alpha value is -4.32. The van der Waals surface area contributed by atoms with E-state index in [1.807, 2.05) is 6.07 Å². The maximum absolute atomic E-state index is 13.2. The highest BCUT2D eigenvalue weighted by molar-refractivity contribution is 6.23. The summed E-state index contributed by atoms with van der Waals surface area (Å²) in [5.74, 6) is -1.55. The highest BCUT2D eigenvalue weighted by Gasteiger charge is 2.44. The first-order valence-electron chi connectivity index (χ1n) is 14.1. The van der Waals surface area contributed by atoms with Crippen molar-refractivity contribution < 1.29 is 29.1 Å². The fraction of sp³-hybridized carbons (Fsp3) is 0.448. The van der Waals surface area contributed by atoms with E-state index < -0.39 is 35.6 Å². The topological polar surface area (TPSA) is 143 Å². The van der Waals surface area contributed by atoms with Gasteiger partial charge in [-0.3, -0.25) is 34.3 Å². The molecule has 12 heteroatoms. The number of hydrogen-bond acceptors (Lipinski definition) is 9. The van der Waals surface area contributed by atoms with Crippen molar-refractivity contribution in [3.63, 3.8) is 0 Å². The Balaban J connectivity index is 1.01. The predicted octanol–water partition coefficient (Wildman–Crippen LogP) is 1.22. The number of anilines is 2. The van der Waals surface area contributed by atoms with Gasteiger partial charge in [0.15, 0.2) is 0 Å². The molecule has 1 atom stereocenters. The Morgan fingerprint density at radius 3 is 2.27 bits per heavy atom. The number of imide groups is 2. The third-order valence-corrected chi connectivity index (χ3v) is 8.61. The fourth-order valence-electron chi connectivity index (χ4n) is 6.25. The van der Waals surface area contributed by atoms with Crippen molar-refractivity contribution in [1.82, 2.24) is 20.1 Å². The van der Waals surface area contributed by atoms with Crippen LogP contribution in [0.15, 0.2) is 36.5 Å². The molecular weight excluding hydrogens is 528 g/mol. The molecule has 12 nitrogen and oxygen atoms in total. The van der Waals surface area contributed by atoms with Gasteiger partial charge in [0.2, 0.25) is 11.8 Å². The minimum absolute atomic E-state index is 0.0953. The van der Waals surface area contributed by atoms with E-state index in [-0.39, 0.29) is 18.4 Å². The number of carbonyl (C=O) groups excluding carboxylic acids is 4. The van der Waals surface area contributed by atoms with Crippen LogP contribution in [0.2, 0.25) is 0 Å². The lowest BCUT2D eigenvalue weighted by molar-refractivity contribution is -0.136. The molecular formula is C29H32N6O6. The van der Waals surface area contributed by atoms with E-state index in [1.165, 1.54) is 6.20 Å². The van der Waals surface area contributed by atoms with Gasteiger partial charge in [-0.25, -0.2) is 9.78 Å². The summed E-state index contributed by atoms with van der Waals surface area (Å²) in [6.45, 7) is 6.19. The van der Waals surface area contributed by atoms with Crippen LogP contribution < -0.4 is 15.1 Å². The number of amides is 4. The zero-order valence-corrected chi connectivity index (χ0v) is 22.6. The van der Waals surface area contributed by atoms with E-state index in [9.17, 15) is 24.0 Å². The van der Waals surface area contributed by atoms with Gasteiger partial charge in [0.25, 0.3) is 11.8 Å². The smallest absolute Gasteiger partial charge is 0.337 e. The van der Waals surface area contributed by atoms with Gasteiger partial charge in [0.05, 0.1) is 16.7 Å². The lowest BCUT2D eigenvalue weighted by Crippen LogP contribution is -2.54. The van der Waals surface area contributed by atoms with Crippen LogP contribution in [-0.2, 0) is 9.59 Å². The molecule has 4 amide bonds. The molecule has 3 fully saturated rings. The third kappa shape index (κ3) is 5.26. The molecule has 3 saturated heterocycles. The van der Waals surface area contributed by atoms with Crippen LogP contribution in [0, 0.1) is 5.92 Å². The Labute approximate surface area is 236 Å². The van der Waals surface area contributed by atoms with Gasteiger partial charge in [-0.15, -0.1) is 0 Å². The largest absolute Gasteiger partial charge is 0.478 e. The molecule has 214 valence electrons. The minimum Gasteiger partial charge on any atom is -0.478 e. The maximum atomic E-state index is 13.2. The van der Waals surface area contributed by atoms with E-state index in [0.717, 1.165) is 75.1 Å². The molecule has 0 spiro atoms. The fourth-order valence-corrected chi connectivity index (χ4v) is 6.25. The Kier molecular flexibility index (Phi) is 7.16. The number of hydrogen-bond donors (Lipinski definition) is 2.